The van der Waals surface area contributed by atoms with Crippen molar-refractivity contribution in [3.8, 4) is 0 Å². The lowest BCUT2D eigenvalue weighted by atomic mass is 10.3. The zero-order valence-corrected chi connectivity index (χ0v) is 8.77. The molecule has 0 saturated heterocycles. The van der Waals surface area contributed by atoms with Crippen LogP contribution in [-0.4, -0.2) is 41.7 Å². The molecular weight excluding hydrogens is 188 g/mol. The molecule has 0 aliphatic heterocycles. The Morgan fingerprint density at radius 3 is 2.92 bits per heavy atom. The van der Waals surface area contributed by atoms with Crippen LogP contribution >= 0.6 is 11.8 Å². The lowest BCUT2D eigenvalue weighted by Gasteiger charge is -2.07. The van der Waals surface area contributed by atoms with Crippen molar-refractivity contribution in [2.24, 2.45) is 5.73 Å². The highest BCUT2D eigenvalue weighted by molar-refractivity contribution is 7.99. The van der Waals surface area contributed by atoms with Gasteiger partial charge in [0.2, 0.25) is 5.91 Å². The first-order valence-corrected chi connectivity index (χ1v) is 5.59. The maximum absolute atomic E-state index is 10.4. The Hall–Kier alpha value is -0.260. The van der Waals surface area contributed by atoms with Crippen LogP contribution in [0.15, 0.2) is 0 Å². The fourth-order valence-corrected chi connectivity index (χ4v) is 1.42. The molecule has 78 valence electrons. The van der Waals surface area contributed by atoms with Gasteiger partial charge in [0.15, 0.2) is 0 Å². The number of aliphatic hydroxyl groups is 1. The first-order valence-electron chi connectivity index (χ1n) is 4.44. The number of carbonyl (C=O) groups is 1. The lowest BCUT2D eigenvalue weighted by Crippen LogP contribution is -2.37. The molecule has 0 aliphatic carbocycles. The van der Waals surface area contributed by atoms with E-state index in [1.807, 2.05) is 11.8 Å². The maximum atomic E-state index is 10.4. The largest absolute Gasteiger partial charge is 0.382 e. The standard InChI is InChI=1S/C8H18N2O2S/c1-2-13-5-3-4-10-6-7(11)8(9)12/h7,10-11H,2-6H2,1H3,(H2,9,12). The van der Waals surface area contributed by atoms with Crippen molar-refractivity contribution < 1.29 is 9.90 Å². The summed E-state index contributed by atoms with van der Waals surface area (Å²) in [6.45, 7) is 3.19. The van der Waals surface area contributed by atoms with Crippen molar-refractivity contribution in [3.05, 3.63) is 0 Å². The third kappa shape index (κ3) is 8.08. The quantitative estimate of drug-likeness (QED) is 0.471. The number of nitrogens with two attached hydrogens (primary N) is 1. The number of aliphatic hydroxyl groups excluding tert-OH is 1. The van der Waals surface area contributed by atoms with E-state index in [0.717, 1.165) is 24.5 Å². The average molecular weight is 206 g/mol. The molecule has 13 heavy (non-hydrogen) atoms. The fraction of sp³-hybridized carbons (Fsp3) is 0.875. The van der Waals surface area contributed by atoms with Crippen LogP contribution in [-0.2, 0) is 4.79 Å². The van der Waals surface area contributed by atoms with Gasteiger partial charge in [-0.3, -0.25) is 4.79 Å². The second-order valence-corrected chi connectivity index (χ2v) is 4.07. The molecule has 4 N–H and O–H groups in total. The number of primary amides is 1. The molecule has 0 spiro atoms. The molecule has 4 nitrogen and oxygen atoms in total. The lowest BCUT2D eigenvalue weighted by molar-refractivity contribution is -0.125. The molecule has 0 saturated carbocycles. The van der Waals surface area contributed by atoms with Crippen LogP contribution in [0.5, 0.6) is 0 Å². The highest BCUT2D eigenvalue weighted by Crippen LogP contribution is 1.99. The summed E-state index contributed by atoms with van der Waals surface area (Å²) in [6.07, 6.45) is -0.0110. The van der Waals surface area contributed by atoms with Crippen LogP contribution < -0.4 is 11.1 Å². The van der Waals surface area contributed by atoms with E-state index in [1.54, 1.807) is 0 Å². The highest BCUT2D eigenvalue weighted by atomic mass is 32.2. The summed E-state index contributed by atoms with van der Waals surface area (Å²) < 4.78 is 0. The van der Waals surface area contributed by atoms with Crippen LogP contribution in [0, 0.1) is 0 Å². The molecule has 0 aromatic carbocycles. The van der Waals surface area contributed by atoms with Gasteiger partial charge in [0.1, 0.15) is 6.10 Å². The molecule has 1 unspecified atom stereocenters. The molecule has 0 rings (SSSR count). The summed E-state index contributed by atoms with van der Waals surface area (Å²) in [5, 5.41) is 11.9. The second kappa shape index (κ2) is 8.34. The smallest absolute Gasteiger partial charge is 0.247 e. The Bertz CT molecular complexity index is 144. The molecule has 0 radical (unpaired) electrons. The van der Waals surface area contributed by atoms with Crippen molar-refractivity contribution in [1.29, 1.82) is 0 Å². The first kappa shape index (κ1) is 12.7. The number of nitrogens with one attached hydrogen (secondary N) is 1. The number of carbonyl (C=O) groups excluding carboxylic acids is 1. The number of hydrogen-bond acceptors (Lipinski definition) is 4. The van der Waals surface area contributed by atoms with E-state index in [2.05, 4.69) is 12.2 Å². The van der Waals surface area contributed by atoms with E-state index < -0.39 is 12.0 Å². The minimum absolute atomic E-state index is 0.256. The molecule has 0 fully saturated rings. The van der Waals surface area contributed by atoms with Crippen molar-refractivity contribution in [2.75, 3.05) is 24.6 Å². The number of amides is 1. The Balaban J connectivity index is 3.11. The van der Waals surface area contributed by atoms with Crippen LogP contribution in [0.3, 0.4) is 0 Å². The van der Waals surface area contributed by atoms with E-state index in [4.69, 9.17) is 10.8 Å². The van der Waals surface area contributed by atoms with Crippen LogP contribution in [0.1, 0.15) is 13.3 Å². The third-order valence-electron chi connectivity index (χ3n) is 1.51. The Labute approximate surface area is 83.3 Å². The monoisotopic (exact) mass is 206 g/mol. The van der Waals surface area contributed by atoms with E-state index in [-0.39, 0.29) is 6.54 Å². The molecule has 0 heterocycles. The molecule has 0 aliphatic rings. The normalized spacial score (nSPS) is 12.8. The van der Waals surface area contributed by atoms with Gasteiger partial charge in [-0.15, -0.1) is 0 Å². The molecule has 1 amide bonds. The second-order valence-electron chi connectivity index (χ2n) is 2.67. The minimum Gasteiger partial charge on any atom is -0.382 e. The van der Waals surface area contributed by atoms with Crippen molar-refractivity contribution in [2.45, 2.75) is 19.4 Å². The zero-order valence-electron chi connectivity index (χ0n) is 7.95. The van der Waals surface area contributed by atoms with Gasteiger partial charge in [-0.25, -0.2) is 0 Å². The van der Waals surface area contributed by atoms with Gasteiger partial charge in [0, 0.05) is 6.54 Å². The third-order valence-corrected chi connectivity index (χ3v) is 2.50. The summed E-state index contributed by atoms with van der Waals surface area (Å²) >= 11 is 1.88. The summed E-state index contributed by atoms with van der Waals surface area (Å²) in [5.74, 6) is 1.57. The maximum Gasteiger partial charge on any atom is 0.247 e. The molecular formula is C8H18N2O2S. The molecule has 0 bridgehead atoms. The fourth-order valence-electron chi connectivity index (χ4n) is 0.783. The summed E-state index contributed by atoms with van der Waals surface area (Å²) in [7, 11) is 0. The van der Waals surface area contributed by atoms with Gasteiger partial charge in [0.05, 0.1) is 0 Å². The minimum atomic E-state index is -1.06. The van der Waals surface area contributed by atoms with Gasteiger partial charge in [-0.2, -0.15) is 11.8 Å². The Kier molecular flexibility index (Phi) is 8.18. The van der Waals surface area contributed by atoms with E-state index >= 15 is 0 Å². The van der Waals surface area contributed by atoms with Crippen molar-refractivity contribution >= 4 is 17.7 Å². The van der Waals surface area contributed by atoms with E-state index in [1.165, 1.54) is 0 Å². The first-order chi connectivity index (χ1) is 6.18. The van der Waals surface area contributed by atoms with Gasteiger partial charge >= 0.3 is 0 Å². The van der Waals surface area contributed by atoms with Gasteiger partial charge in [0.25, 0.3) is 0 Å². The number of rotatable bonds is 8. The predicted octanol–water partition coefficient (Wildman–Crippen LogP) is -0.435. The van der Waals surface area contributed by atoms with Gasteiger partial charge in [-0.1, -0.05) is 6.92 Å². The zero-order chi connectivity index (χ0) is 10.1. The SMILES string of the molecule is CCSCCCNCC(O)C(N)=O. The Morgan fingerprint density at radius 2 is 2.38 bits per heavy atom. The average Bonchev–Trinajstić information content (AvgIpc) is 2.10. The molecule has 0 aromatic heterocycles. The predicted molar refractivity (Wildman–Crippen MR) is 55.7 cm³/mol. The van der Waals surface area contributed by atoms with Crippen molar-refractivity contribution in [3.63, 3.8) is 0 Å². The van der Waals surface area contributed by atoms with Gasteiger partial charge in [-0.05, 0) is 24.5 Å². The topological polar surface area (TPSA) is 75.3 Å². The molecule has 5 heteroatoms. The highest BCUT2D eigenvalue weighted by Gasteiger charge is 2.08. The summed E-state index contributed by atoms with van der Waals surface area (Å²) in [5.41, 5.74) is 4.87. The van der Waals surface area contributed by atoms with E-state index in [0.29, 0.717) is 0 Å². The van der Waals surface area contributed by atoms with Crippen molar-refractivity contribution in [1.82, 2.24) is 5.32 Å². The number of thioether (sulfide) groups is 1. The molecule has 1 atom stereocenters. The van der Waals surface area contributed by atoms with E-state index in [9.17, 15) is 4.79 Å². The summed E-state index contributed by atoms with van der Waals surface area (Å²) in [4.78, 5) is 10.4. The molecule has 0 aromatic rings. The Morgan fingerprint density at radius 1 is 1.69 bits per heavy atom. The van der Waals surface area contributed by atoms with Gasteiger partial charge < -0.3 is 16.2 Å². The van der Waals surface area contributed by atoms with Crippen LogP contribution in [0.2, 0.25) is 0 Å². The van der Waals surface area contributed by atoms with Crippen LogP contribution in [0.4, 0.5) is 0 Å². The number of hydrogen-bond donors (Lipinski definition) is 3. The van der Waals surface area contributed by atoms with Crippen LogP contribution in [0.25, 0.3) is 0 Å². The summed E-state index contributed by atoms with van der Waals surface area (Å²) in [6, 6.07) is 0.